The third-order valence-electron chi connectivity index (χ3n) is 3.61. The van der Waals surface area contributed by atoms with Crippen LogP contribution in [0.25, 0.3) is 11.3 Å². The lowest BCUT2D eigenvalue weighted by molar-refractivity contribution is -0.117. The van der Waals surface area contributed by atoms with Crippen molar-refractivity contribution in [2.75, 3.05) is 11.4 Å². The Balaban J connectivity index is 1.92. The van der Waals surface area contributed by atoms with Gasteiger partial charge in [-0.2, -0.15) is 8.42 Å². The highest BCUT2D eigenvalue weighted by molar-refractivity contribution is 7.87. The summed E-state index contributed by atoms with van der Waals surface area (Å²) in [5.41, 5.74) is 2.06. The number of anilines is 1. The molecule has 2 heterocycles. The van der Waals surface area contributed by atoms with Crippen LogP contribution in [0.4, 0.5) is 9.57 Å². The molecule has 3 rings (SSSR count). The summed E-state index contributed by atoms with van der Waals surface area (Å²) in [5, 5.41) is -1.30. The average Bonchev–Trinajstić information content (AvgIpc) is 2.90. The smallest absolute Gasteiger partial charge is 0.307 e. The average molecular weight is 320 g/mol. The molecule has 0 saturated carbocycles. The van der Waals surface area contributed by atoms with Gasteiger partial charge in [0.2, 0.25) is 5.91 Å². The molecule has 1 saturated heterocycles. The van der Waals surface area contributed by atoms with Crippen molar-refractivity contribution < 1.29 is 17.1 Å². The Morgan fingerprint density at radius 2 is 1.91 bits per heavy atom. The Morgan fingerprint density at radius 1 is 1.18 bits per heavy atom. The van der Waals surface area contributed by atoms with Gasteiger partial charge in [0, 0.05) is 30.4 Å². The van der Waals surface area contributed by atoms with Crippen LogP contribution in [0.2, 0.25) is 0 Å². The molecule has 0 N–H and O–H groups in total. The minimum Gasteiger partial charge on any atom is -0.311 e. The summed E-state index contributed by atoms with van der Waals surface area (Å²) in [6.45, 7) is -0.171. The standard InChI is InChI=1S/C15H13FN2O3S/c16-22(20,21)13-9-15(19)18(10-13)12-6-7-17-14(8-12)11-4-2-1-3-5-11/h1-8,13H,9-10H2. The molecule has 2 aromatic rings. The molecule has 22 heavy (non-hydrogen) atoms. The molecule has 1 aliphatic rings. The summed E-state index contributed by atoms with van der Waals surface area (Å²) >= 11 is 0. The zero-order valence-electron chi connectivity index (χ0n) is 11.5. The van der Waals surface area contributed by atoms with Gasteiger partial charge in [-0.05, 0) is 12.1 Å². The number of carbonyl (C=O) groups is 1. The van der Waals surface area contributed by atoms with Crippen LogP contribution in [-0.2, 0) is 15.0 Å². The van der Waals surface area contributed by atoms with Crippen LogP contribution in [0.3, 0.4) is 0 Å². The Bertz CT molecular complexity index is 809. The molecule has 1 unspecified atom stereocenters. The molecular weight excluding hydrogens is 307 g/mol. The zero-order chi connectivity index (χ0) is 15.7. The molecule has 1 aromatic heterocycles. The molecular formula is C15H13FN2O3S. The van der Waals surface area contributed by atoms with Crippen molar-refractivity contribution >= 4 is 21.8 Å². The highest BCUT2D eigenvalue weighted by Gasteiger charge is 2.39. The second-order valence-electron chi connectivity index (χ2n) is 5.07. The molecule has 1 amide bonds. The molecule has 0 radical (unpaired) electrons. The number of halogens is 1. The van der Waals surface area contributed by atoms with Gasteiger partial charge in [-0.15, -0.1) is 3.89 Å². The Morgan fingerprint density at radius 3 is 2.55 bits per heavy atom. The first-order valence-electron chi connectivity index (χ1n) is 6.70. The number of amides is 1. The van der Waals surface area contributed by atoms with Gasteiger partial charge in [-0.3, -0.25) is 9.78 Å². The lowest BCUT2D eigenvalue weighted by Gasteiger charge is -2.16. The van der Waals surface area contributed by atoms with Gasteiger partial charge < -0.3 is 4.90 Å². The van der Waals surface area contributed by atoms with Gasteiger partial charge in [-0.25, -0.2) is 0 Å². The fourth-order valence-corrected chi connectivity index (χ4v) is 3.14. The second kappa shape index (κ2) is 5.49. The van der Waals surface area contributed by atoms with E-state index in [9.17, 15) is 17.1 Å². The first-order chi connectivity index (χ1) is 10.4. The molecule has 1 aliphatic heterocycles. The SMILES string of the molecule is O=C1CC(S(=O)(=O)F)CN1c1ccnc(-c2ccccc2)c1. The van der Waals surface area contributed by atoms with Crippen LogP contribution in [-0.4, -0.2) is 31.1 Å². The molecule has 0 aliphatic carbocycles. The third-order valence-corrected chi connectivity index (χ3v) is 4.72. The predicted molar refractivity (Wildman–Crippen MR) is 80.5 cm³/mol. The molecule has 1 fully saturated rings. The maximum Gasteiger partial charge on any atom is 0.307 e. The van der Waals surface area contributed by atoms with Crippen molar-refractivity contribution in [3.8, 4) is 11.3 Å². The molecule has 1 atom stereocenters. The molecule has 0 spiro atoms. The highest BCUT2D eigenvalue weighted by Crippen LogP contribution is 2.28. The Kier molecular flexibility index (Phi) is 3.66. The van der Waals surface area contributed by atoms with E-state index >= 15 is 0 Å². The number of rotatable bonds is 3. The van der Waals surface area contributed by atoms with E-state index in [-0.39, 0.29) is 13.0 Å². The highest BCUT2D eigenvalue weighted by atomic mass is 32.3. The first-order valence-corrected chi connectivity index (χ1v) is 8.15. The van der Waals surface area contributed by atoms with Gasteiger partial charge in [-0.1, -0.05) is 30.3 Å². The van der Waals surface area contributed by atoms with E-state index in [0.29, 0.717) is 11.4 Å². The number of pyridine rings is 1. The number of benzene rings is 1. The van der Waals surface area contributed by atoms with Gasteiger partial charge in [0.15, 0.2) is 0 Å². The molecule has 5 nitrogen and oxygen atoms in total. The normalized spacial score (nSPS) is 18.7. The molecule has 1 aromatic carbocycles. The van der Waals surface area contributed by atoms with Crippen molar-refractivity contribution in [2.24, 2.45) is 0 Å². The molecule has 0 bridgehead atoms. The van der Waals surface area contributed by atoms with Crippen molar-refractivity contribution in [2.45, 2.75) is 11.7 Å². The van der Waals surface area contributed by atoms with Crippen molar-refractivity contribution in [1.82, 2.24) is 4.98 Å². The quantitative estimate of drug-likeness (QED) is 0.813. The van der Waals surface area contributed by atoms with E-state index in [1.807, 2.05) is 30.3 Å². The summed E-state index contributed by atoms with van der Waals surface area (Å²) < 4.78 is 35.1. The van der Waals surface area contributed by atoms with E-state index < -0.39 is 21.4 Å². The van der Waals surface area contributed by atoms with Gasteiger partial charge in [0.25, 0.3) is 0 Å². The maximum absolute atomic E-state index is 13.1. The largest absolute Gasteiger partial charge is 0.311 e. The van der Waals surface area contributed by atoms with Gasteiger partial charge in [0.05, 0.1) is 5.69 Å². The summed E-state index contributed by atoms with van der Waals surface area (Å²) in [6.07, 6.45) is 1.21. The molecule has 114 valence electrons. The van der Waals surface area contributed by atoms with Crippen LogP contribution >= 0.6 is 0 Å². The van der Waals surface area contributed by atoms with Gasteiger partial charge in [0.1, 0.15) is 5.25 Å². The minimum absolute atomic E-state index is 0.171. The van der Waals surface area contributed by atoms with Crippen molar-refractivity contribution in [3.63, 3.8) is 0 Å². The lowest BCUT2D eigenvalue weighted by Crippen LogP contribution is -2.26. The number of hydrogen-bond donors (Lipinski definition) is 0. The van der Waals surface area contributed by atoms with Gasteiger partial charge >= 0.3 is 10.2 Å². The number of aromatic nitrogens is 1. The summed E-state index contributed by atoms with van der Waals surface area (Å²) in [5.74, 6) is -0.406. The fraction of sp³-hybridized carbons (Fsp3) is 0.200. The van der Waals surface area contributed by atoms with Crippen LogP contribution in [0, 0.1) is 0 Å². The first kappa shape index (κ1) is 14.6. The lowest BCUT2D eigenvalue weighted by atomic mass is 10.1. The zero-order valence-corrected chi connectivity index (χ0v) is 12.3. The molecule has 7 heteroatoms. The minimum atomic E-state index is -4.72. The predicted octanol–water partition coefficient (Wildman–Crippen LogP) is 2.15. The van der Waals surface area contributed by atoms with Crippen LogP contribution in [0.15, 0.2) is 48.7 Å². The maximum atomic E-state index is 13.1. The number of nitrogens with zero attached hydrogens (tertiary/aromatic N) is 2. The van der Waals surface area contributed by atoms with E-state index in [1.54, 1.807) is 18.3 Å². The van der Waals surface area contributed by atoms with Crippen molar-refractivity contribution in [1.29, 1.82) is 0 Å². The van der Waals surface area contributed by atoms with E-state index in [0.717, 1.165) is 5.56 Å². The van der Waals surface area contributed by atoms with Crippen LogP contribution in [0.1, 0.15) is 6.42 Å². The second-order valence-corrected chi connectivity index (χ2v) is 6.69. The van der Waals surface area contributed by atoms with Crippen molar-refractivity contribution in [3.05, 3.63) is 48.7 Å². The van der Waals surface area contributed by atoms with E-state index in [4.69, 9.17) is 0 Å². The fourth-order valence-electron chi connectivity index (χ4n) is 2.47. The van der Waals surface area contributed by atoms with Crippen LogP contribution < -0.4 is 4.90 Å². The van der Waals surface area contributed by atoms with E-state index in [1.165, 1.54) is 4.90 Å². The summed E-state index contributed by atoms with van der Waals surface area (Å²) in [4.78, 5) is 17.5. The Hall–Kier alpha value is -2.28. The van der Waals surface area contributed by atoms with Crippen LogP contribution in [0.5, 0.6) is 0 Å². The summed E-state index contributed by atoms with van der Waals surface area (Å²) in [6, 6.07) is 12.7. The monoisotopic (exact) mass is 320 g/mol. The summed E-state index contributed by atoms with van der Waals surface area (Å²) in [7, 11) is -4.72. The van der Waals surface area contributed by atoms with E-state index in [2.05, 4.69) is 4.98 Å². The Labute approximate surface area is 127 Å². The number of hydrogen-bond acceptors (Lipinski definition) is 4. The third kappa shape index (κ3) is 2.85. The number of carbonyl (C=O) groups excluding carboxylic acids is 1. The topological polar surface area (TPSA) is 67.3 Å².